The summed E-state index contributed by atoms with van der Waals surface area (Å²) in [5, 5.41) is 5.29. The molecule has 2 N–H and O–H groups in total. The largest absolute Gasteiger partial charge is 0.454 e. The van der Waals surface area contributed by atoms with Crippen molar-refractivity contribution in [3.8, 4) is 11.5 Å². The van der Waals surface area contributed by atoms with Crippen LogP contribution in [-0.2, 0) is 15.1 Å². The maximum absolute atomic E-state index is 12.9. The van der Waals surface area contributed by atoms with Crippen LogP contribution in [0.5, 0.6) is 11.5 Å². The highest BCUT2D eigenvalue weighted by molar-refractivity contribution is 6.32. The summed E-state index contributed by atoms with van der Waals surface area (Å²) in [6, 6.07) is 7.48. The van der Waals surface area contributed by atoms with E-state index in [1.165, 1.54) is 6.20 Å². The predicted octanol–water partition coefficient (Wildman–Crippen LogP) is 1.87. The van der Waals surface area contributed by atoms with E-state index in [9.17, 15) is 14.4 Å². The number of urea groups is 1. The molecule has 1 saturated heterocycles. The zero-order chi connectivity index (χ0) is 19.9. The second-order valence-corrected chi connectivity index (χ2v) is 6.76. The van der Waals surface area contributed by atoms with E-state index in [2.05, 4.69) is 15.6 Å². The molecule has 10 heteroatoms. The summed E-state index contributed by atoms with van der Waals surface area (Å²) in [6.45, 7) is 1.20. The second-order valence-electron chi connectivity index (χ2n) is 6.40. The Bertz CT molecular complexity index is 998. The van der Waals surface area contributed by atoms with Crippen molar-refractivity contribution in [2.24, 2.45) is 0 Å². The zero-order valence-corrected chi connectivity index (χ0v) is 15.4. The molecule has 2 aromatic rings. The Labute approximate surface area is 164 Å². The third kappa shape index (κ3) is 2.99. The Hall–Kier alpha value is -3.33. The average Bonchev–Trinajstić information content (AvgIpc) is 3.22. The number of hydrogen-bond donors (Lipinski definition) is 2. The zero-order valence-electron chi connectivity index (χ0n) is 14.7. The molecule has 0 bridgehead atoms. The summed E-state index contributed by atoms with van der Waals surface area (Å²) in [5.41, 5.74) is -0.516. The Morgan fingerprint density at radius 1 is 1.32 bits per heavy atom. The van der Waals surface area contributed by atoms with Gasteiger partial charge in [-0.2, -0.15) is 0 Å². The van der Waals surface area contributed by atoms with Gasteiger partial charge in [-0.25, -0.2) is 9.78 Å². The Balaban J connectivity index is 1.52. The molecule has 2 aliphatic rings. The van der Waals surface area contributed by atoms with Gasteiger partial charge in [-0.05, 0) is 36.8 Å². The Morgan fingerprint density at radius 3 is 2.89 bits per heavy atom. The number of nitrogens with one attached hydrogen (secondary N) is 2. The maximum Gasteiger partial charge on any atom is 0.325 e. The van der Waals surface area contributed by atoms with Crippen LogP contribution in [0.4, 0.5) is 10.5 Å². The molecular weight excluding hydrogens is 388 g/mol. The van der Waals surface area contributed by atoms with E-state index in [4.69, 9.17) is 21.1 Å². The van der Waals surface area contributed by atoms with Gasteiger partial charge in [0, 0.05) is 6.20 Å². The minimum atomic E-state index is -1.33. The Kier molecular flexibility index (Phi) is 4.31. The lowest BCUT2D eigenvalue weighted by Gasteiger charge is -2.22. The number of benzene rings is 1. The lowest BCUT2D eigenvalue weighted by Crippen LogP contribution is -2.42. The fourth-order valence-corrected chi connectivity index (χ4v) is 3.22. The van der Waals surface area contributed by atoms with Crippen LogP contribution >= 0.6 is 11.6 Å². The molecule has 144 valence electrons. The van der Waals surface area contributed by atoms with Crippen LogP contribution in [0.3, 0.4) is 0 Å². The maximum atomic E-state index is 12.9. The second kappa shape index (κ2) is 6.68. The number of halogens is 1. The molecule has 4 amide bonds. The van der Waals surface area contributed by atoms with E-state index in [1.807, 2.05) is 0 Å². The molecule has 9 nitrogen and oxygen atoms in total. The number of carbonyl (C=O) groups is 3. The van der Waals surface area contributed by atoms with Gasteiger partial charge in [0.15, 0.2) is 16.7 Å². The smallest absolute Gasteiger partial charge is 0.325 e. The molecule has 1 aromatic carbocycles. The van der Waals surface area contributed by atoms with E-state index in [0.29, 0.717) is 22.7 Å². The SMILES string of the molecule is C[C@]1(c2ccc3c(c2)OCO3)NC(=O)N(CC(=O)Nc2cccnc2Cl)C1=O. The van der Waals surface area contributed by atoms with Crippen LogP contribution < -0.4 is 20.1 Å². The van der Waals surface area contributed by atoms with Crippen molar-refractivity contribution in [1.29, 1.82) is 0 Å². The molecule has 2 aliphatic heterocycles. The molecule has 1 atom stereocenters. The van der Waals surface area contributed by atoms with Crippen molar-refractivity contribution < 1.29 is 23.9 Å². The lowest BCUT2D eigenvalue weighted by atomic mass is 9.91. The molecule has 0 radical (unpaired) electrons. The van der Waals surface area contributed by atoms with Gasteiger partial charge in [0.25, 0.3) is 5.91 Å². The van der Waals surface area contributed by atoms with Gasteiger partial charge < -0.3 is 20.1 Å². The highest BCUT2D eigenvalue weighted by Gasteiger charge is 2.49. The highest BCUT2D eigenvalue weighted by Crippen LogP contribution is 2.37. The van der Waals surface area contributed by atoms with Crippen LogP contribution in [0, 0.1) is 0 Å². The van der Waals surface area contributed by atoms with Gasteiger partial charge in [-0.1, -0.05) is 17.7 Å². The van der Waals surface area contributed by atoms with Crippen molar-refractivity contribution in [2.75, 3.05) is 18.7 Å². The van der Waals surface area contributed by atoms with Crippen LogP contribution in [-0.4, -0.2) is 41.1 Å². The van der Waals surface area contributed by atoms with Crippen LogP contribution in [0.15, 0.2) is 36.5 Å². The van der Waals surface area contributed by atoms with Crippen LogP contribution in [0.25, 0.3) is 0 Å². The van der Waals surface area contributed by atoms with Crippen LogP contribution in [0.2, 0.25) is 5.15 Å². The average molecular weight is 403 g/mol. The summed E-state index contributed by atoms with van der Waals surface area (Å²) in [4.78, 5) is 42.3. The number of aromatic nitrogens is 1. The number of anilines is 1. The van der Waals surface area contributed by atoms with Crippen LogP contribution in [0.1, 0.15) is 12.5 Å². The van der Waals surface area contributed by atoms with E-state index in [0.717, 1.165) is 4.90 Å². The minimum absolute atomic E-state index is 0.0962. The molecule has 3 heterocycles. The van der Waals surface area contributed by atoms with Crippen molar-refractivity contribution in [2.45, 2.75) is 12.5 Å². The molecule has 4 rings (SSSR count). The molecular formula is C18H15ClN4O5. The predicted molar refractivity (Wildman–Crippen MR) is 98.0 cm³/mol. The first-order valence-corrected chi connectivity index (χ1v) is 8.71. The third-order valence-corrected chi connectivity index (χ3v) is 4.86. The number of nitrogens with zero attached hydrogens (tertiary/aromatic N) is 2. The highest BCUT2D eigenvalue weighted by atomic mass is 35.5. The monoisotopic (exact) mass is 402 g/mol. The summed E-state index contributed by atoms with van der Waals surface area (Å²) >= 11 is 5.91. The quantitative estimate of drug-likeness (QED) is 0.596. The van der Waals surface area contributed by atoms with Gasteiger partial charge in [0.2, 0.25) is 12.7 Å². The van der Waals surface area contributed by atoms with E-state index in [1.54, 1.807) is 37.3 Å². The number of rotatable bonds is 4. The fraction of sp³-hybridized carbons (Fsp3) is 0.222. The van der Waals surface area contributed by atoms with Gasteiger partial charge in [-0.15, -0.1) is 0 Å². The van der Waals surface area contributed by atoms with Crippen molar-refractivity contribution >= 4 is 35.1 Å². The Morgan fingerprint density at radius 2 is 2.11 bits per heavy atom. The standard InChI is InChI=1S/C18H15ClN4O5/c1-18(10-4-5-12-13(7-10)28-9-27-12)16(25)23(17(26)22-18)8-14(24)21-11-3-2-6-20-15(11)19/h2-7H,8-9H2,1H3,(H,21,24)(H,22,26)/t18-/m1/s1. The first-order valence-electron chi connectivity index (χ1n) is 8.33. The summed E-state index contributed by atoms with van der Waals surface area (Å²) in [7, 11) is 0. The van der Waals surface area contributed by atoms with Crippen molar-refractivity contribution in [1.82, 2.24) is 15.2 Å². The molecule has 28 heavy (non-hydrogen) atoms. The first-order chi connectivity index (χ1) is 13.4. The molecule has 0 spiro atoms. The van der Waals surface area contributed by atoms with Gasteiger partial charge in [0.1, 0.15) is 12.1 Å². The number of ether oxygens (including phenoxy) is 2. The first kappa shape index (κ1) is 18.1. The number of imide groups is 1. The van der Waals surface area contributed by atoms with Gasteiger partial charge >= 0.3 is 6.03 Å². The van der Waals surface area contributed by atoms with E-state index in [-0.39, 0.29) is 11.9 Å². The molecule has 1 aromatic heterocycles. The lowest BCUT2D eigenvalue weighted by molar-refractivity contribution is -0.133. The topological polar surface area (TPSA) is 110 Å². The summed E-state index contributed by atoms with van der Waals surface area (Å²) < 4.78 is 10.6. The summed E-state index contributed by atoms with van der Waals surface area (Å²) in [6.07, 6.45) is 1.48. The molecule has 0 aliphatic carbocycles. The molecule has 0 saturated carbocycles. The minimum Gasteiger partial charge on any atom is -0.454 e. The van der Waals surface area contributed by atoms with E-state index >= 15 is 0 Å². The molecule has 0 unspecified atom stereocenters. The normalized spacial score (nSPS) is 20.3. The third-order valence-electron chi connectivity index (χ3n) is 4.56. The van der Waals surface area contributed by atoms with Gasteiger partial charge in [-0.3, -0.25) is 14.5 Å². The fourth-order valence-electron chi connectivity index (χ4n) is 3.06. The summed E-state index contributed by atoms with van der Waals surface area (Å²) in [5.74, 6) is -0.0750. The molecule has 1 fully saturated rings. The van der Waals surface area contributed by atoms with Crippen molar-refractivity contribution in [3.63, 3.8) is 0 Å². The van der Waals surface area contributed by atoms with E-state index < -0.39 is 29.9 Å². The number of amides is 4. The number of fused-ring (bicyclic) bond motifs is 1. The van der Waals surface area contributed by atoms with Crippen molar-refractivity contribution in [3.05, 3.63) is 47.2 Å². The number of pyridine rings is 1. The number of hydrogen-bond acceptors (Lipinski definition) is 6. The number of carbonyl (C=O) groups excluding carboxylic acids is 3. The van der Waals surface area contributed by atoms with Gasteiger partial charge in [0.05, 0.1) is 5.69 Å².